The van der Waals surface area contributed by atoms with Gasteiger partial charge in [0.15, 0.2) is 0 Å². The molecule has 0 amide bonds. The maximum Gasteiger partial charge on any atom is 0.0414 e. The van der Waals surface area contributed by atoms with Crippen LogP contribution in [0.25, 0.3) is 0 Å². The van der Waals surface area contributed by atoms with E-state index in [4.69, 9.17) is 11.1 Å². The molecule has 66 valence electrons. The number of nitrogens with two attached hydrogens (primary N) is 1. The first-order valence-corrected chi connectivity index (χ1v) is 4.59. The predicted molar refractivity (Wildman–Crippen MR) is 57.8 cm³/mol. The summed E-state index contributed by atoms with van der Waals surface area (Å²) >= 11 is 3.28. The van der Waals surface area contributed by atoms with E-state index in [0.717, 1.165) is 10.0 Å². The molecule has 0 aliphatic carbocycles. The largest absolute Gasteiger partial charge is 0.398 e. The molecule has 0 heterocycles. The Morgan fingerprint density at radius 1 is 1.42 bits per heavy atom. The lowest BCUT2D eigenvalue weighted by Gasteiger charge is -1.99. The van der Waals surface area contributed by atoms with Gasteiger partial charge in [-0.3, -0.25) is 0 Å². The van der Waals surface area contributed by atoms with Crippen molar-refractivity contribution in [1.29, 1.82) is 5.41 Å². The van der Waals surface area contributed by atoms with Crippen molar-refractivity contribution >= 4 is 27.8 Å². The molecule has 0 atom stereocenters. The van der Waals surface area contributed by atoms with Crippen molar-refractivity contribution in [2.45, 2.75) is 13.8 Å². The van der Waals surface area contributed by atoms with Crippen molar-refractivity contribution < 1.29 is 0 Å². The summed E-state index contributed by atoms with van der Waals surface area (Å²) in [4.78, 5) is 0. The van der Waals surface area contributed by atoms with Gasteiger partial charge in [0.05, 0.1) is 0 Å². The molecule has 0 bridgehead atoms. The number of hydrogen-bond acceptors (Lipinski definition) is 2. The van der Waals surface area contributed by atoms with E-state index in [0.29, 0.717) is 5.69 Å². The van der Waals surface area contributed by atoms with Gasteiger partial charge in [-0.05, 0) is 12.1 Å². The van der Waals surface area contributed by atoms with Gasteiger partial charge >= 0.3 is 0 Å². The number of nitrogens with one attached hydrogen (secondary N) is 1. The van der Waals surface area contributed by atoms with Gasteiger partial charge in [0, 0.05) is 21.9 Å². The van der Waals surface area contributed by atoms with Crippen molar-refractivity contribution in [1.82, 2.24) is 0 Å². The van der Waals surface area contributed by atoms with E-state index in [9.17, 15) is 0 Å². The molecule has 0 aromatic heterocycles. The third-order valence-electron chi connectivity index (χ3n) is 1.23. The van der Waals surface area contributed by atoms with E-state index < -0.39 is 0 Å². The molecule has 0 unspecified atom stereocenters. The molecule has 1 aromatic carbocycles. The van der Waals surface area contributed by atoms with Crippen LogP contribution in [-0.4, -0.2) is 6.21 Å². The highest BCUT2D eigenvalue weighted by atomic mass is 79.9. The molecule has 1 aromatic rings. The van der Waals surface area contributed by atoms with Gasteiger partial charge in [0.1, 0.15) is 0 Å². The summed E-state index contributed by atoms with van der Waals surface area (Å²) < 4.78 is 0.863. The fourth-order valence-electron chi connectivity index (χ4n) is 0.706. The molecule has 3 heteroatoms. The van der Waals surface area contributed by atoms with E-state index in [1.54, 1.807) is 6.07 Å². The van der Waals surface area contributed by atoms with Crippen LogP contribution in [0.3, 0.4) is 0 Å². The third kappa shape index (κ3) is 2.66. The van der Waals surface area contributed by atoms with Crippen LogP contribution in [0.1, 0.15) is 19.4 Å². The Hall–Kier alpha value is -0.830. The number of benzene rings is 1. The lowest BCUT2D eigenvalue weighted by atomic mass is 10.2. The van der Waals surface area contributed by atoms with Crippen LogP contribution in [0.5, 0.6) is 0 Å². The summed E-state index contributed by atoms with van der Waals surface area (Å²) in [7, 11) is 0. The third-order valence-corrected chi connectivity index (χ3v) is 1.92. The standard InChI is InChI=1S/C7H7BrN2.C2H6/c8-6-2-1-3-7(10)5(6)4-9;1-2/h1-4,9H,10H2;1-2H3. The minimum absolute atomic E-state index is 0.629. The van der Waals surface area contributed by atoms with Gasteiger partial charge in [-0.15, -0.1) is 0 Å². The zero-order valence-electron chi connectivity index (χ0n) is 7.26. The summed E-state index contributed by atoms with van der Waals surface area (Å²) in [5, 5.41) is 6.99. The number of rotatable bonds is 1. The van der Waals surface area contributed by atoms with Gasteiger partial charge < -0.3 is 11.1 Å². The van der Waals surface area contributed by atoms with Crippen LogP contribution in [0.2, 0.25) is 0 Å². The number of anilines is 1. The average Bonchev–Trinajstić information content (AvgIpc) is 2.08. The summed E-state index contributed by atoms with van der Waals surface area (Å²) in [6.45, 7) is 4.00. The van der Waals surface area contributed by atoms with E-state index >= 15 is 0 Å². The molecule has 12 heavy (non-hydrogen) atoms. The molecule has 0 aliphatic heterocycles. The lowest BCUT2D eigenvalue weighted by Crippen LogP contribution is -1.92. The number of halogens is 1. The van der Waals surface area contributed by atoms with Crippen molar-refractivity contribution in [3.63, 3.8) is 0 Å². The van der Waals surface area contributed by atoms with Crippen LogP contribution in [0.4, 0.5) is 5.69 Å². The smallest absolute Gasteiger partial charge is 0.0414 e. The van der Waals surface area contributed by atoms with Gasteiger partial charge in [0.25, 0.3) is 0 Å². The Labute approximate surface area is 81.4 Å². The molecule has 0 saturated carbocycles. The van der Waals surface area contributed by atoms with Crippen LogP contribution < -0.4 is 5.73 Å². The molecular formula is C9H13BrN2. The van der Waals surface area contributed by atoms with Crippen molar-refractivity contribution in [2.24, 2.45) is 0 Å². The van der Waals surface area contributed by atoms with Crippen LogP contribution >= 0.6 is 15.9 Å². The average molecular weight is 229 g/mol. The van der Waals surface area contributed by atoms with Crippen molar-refractivity contribution in [3.05, 3.63) is 28.2 Å². The molecule has 3 N–H and O–H groups in total. The minimum atomic E-state index is 0.629. The summed E-state index contributed by atoms with van der Waals surface area (Å²) in [6, 6.07) is 5.47. The van der Waals surface area contributed by atoms with E-state index in [-0.39, 0.29) is 0 Å². The van der Waals surface area contributed by atoms with Crippen LogP contribution in [-0.2, 0) is 0 Å². The minimum Gasteiger partial charge on any atom is -0.398 e. The Bertz CT molecular complexity index is 238. The van der Waals surface area contributed by atoms with Gasteiger partial charge in [0.2, 0.25) is 0 Å². The van der Waals surface area contributed by atoms with Gasteiger partial charge in [-0.25, -0.2) is 0 Å². The SMILES string of the molecule is CC.N=Cc1c(N)cccc1Br. The predicted octanol–water partition coefficient (Wildman–Crippen LogP) is 3.06. The van der Waals surface area contributed by atoms with E-state index in [1.165, 1.54) is 6.21 Å². The molecule has 0 radical (unpaired) electrons. The zero-order chi connectivity index (χ0) is 9.56. The molecule has 0 aliphatic rings. The number of nitrogen functional groups attached to an aromatic ring is 1. The Balaban J connectivity index is 0.000000561. The highest BCUT2D eigenvalue weighted by molar-refractivity contribution is 9.10. The molecule has 0 spiro atoms. The quantitative estimate of drug-likeness (QED) is 0.564. The number of hydrogen-bond donors (Lipinski definition) is 2. The normalized spacial score (nSPS) is 8.25. The highest BCUT2D eigenvalue weighted by Crippen LogP contribution is 2.19. The Kier molecular flexibility index (Phi) is 5.37. The topological polar surface area (TPSA) is 49.9 Å². The molecular weight excluding hydrogens is 216 g/mol. The summed E-state index contributed by atoms with van der Waals surface area (Å²) in [6.07, 6.45) is 1.24. The molecule has 2 nitrogen and oxygen atoms in total. The fourth-order valence-corrected chi connectivity index (χ4v) is 1.20. The molecule has 0 fully saturated rings. The Morgan fingerprint density at radius 3 is 2.33 bits per heavy atom. The van der Waals surface area contributed by atoms with E-state index in [2.05, 4.69) is 15.9 Å². The molecule has 0 saturated heterocycles. The zero-order valence-corrected chi connectivity index (χ0v) is 8.85. The maximum atomic E-state index is 6.99. The summed E-state index contributed by atoms with van der Waals surface area (Å²) in [5.41, 5.74) is 6.92. The first kappa shape index (κ1) is 11.2. The van der Waals surface area contributed by atoms with Gasteiger partial charge in [-0.1, -0.05) is 35.8 Å². The second-order valence-corrected chi connectivity index (χ2v) is 2.74. The highest BCUT2D eigenvalue weighted by Gasteiger charge is 1.97. The summed E-state index contributed by atoms with van der Waals surface area (Å²) in [5.74, 6) is 0. The van der Waals surface area contributed by atoms with Crippen molar-refractivity contribution in [3.8, 4) is 0 Å². The first-order valence-electron chi connectivity index (χ1n) is 3.80. The second-order valence-electron chi connectivity index (χ2n) is 1.89. The monoisotopic (exact) mass is 228 g/mol. The van der Waals surface area contributed by atoms with E-state index in [1.807, 2.05) is 26.0 Å². The van der Waals surface area contributed by atoms with Crippen LogP contribution in [0, 0.1) is 5.41 Å². The first-order chi connectivity index (χ1) is 5.75. The Morgan fingerprint density at radius 2 is 2.00 bits per heavy atom. The van der Waals surface area contributed by atoms with Gasteiger partial charge in [-0.2, -0.15) is 0 Å². The van der Waals surface area contributed by atoms with Crippen LogP contribution in [0.15, 0.2) is 22.7 Å². The lowest BCUT2D eigenvalue weighted by molar-refractivity contribution is 1.50. The maximum absolute atomic E-state index is 6.99. The van der Waals surface area contributed by atoms with Crippen molar-refractivity contribution in [2.75, 3.05) is 5.73 Å². The fraction of sp³-hybridized carbons (Fsp3) is 0.222. The second kappa shape index (κ2) is 5.77. The molecule has 1 rings (SSSR count).